The van der Waals surface area contributed by atoms with Crippen LogP contribution in [0.1, 0.15) is 30.6 Å². The van der Waals surface area contributed by atoms with Crippen molar-refractivity contribution in [2.45, 2.75) is 32.4 Å². The number of rotatable bonds is 6. The highest BCUT2D eigenvalue weighted by atomic mass is 16.5. The number of urea groups is 1. The molecule has 0 heterocycles. The number of nitrogens with one attached hydrogen (secondary N) is 2. The molecule has 128 valence electrons. The first-order valence-corrected chi connectivity index (χ1v) is 7.94. The molecule has 0 aliphatic rings. The van der Waals surface area contributed by atoms with Crippen molar-refractivity contribution >= 4 is 11.7 Å². The Morgan fingerprint density at radius 1 is 1.21 bits per heavy atom. The second kappa shape index (κ2) is 8.36. The van der Waals surface area contributed by atoms with Gasteiger partial charge in [0.15, 0.2) is 0 Å². The highest BCUT2D eigenvalue weighted by Gasteiger charge is 2.15. The summed E-state index contributed by atoms with van der Waals surface area (Å²) in [5.74, 6) is 0.684. The third kappa shape index (κ3) is 4.99. The van der Waals surface area contributed by atoms with Crippen molar-refractivity contribution in [3.05, 3.63) is 59.7 Å². The number of aliphatic hydroxyl groups excluding tert-OH is 1. The zero-order valence-electron chi connectivity index (χ0n) is 14.2. The Labute approximate surface area is 142 Å². The van der Waals surface area contributed by atoms with Gasteiger partial charge >= 0.3 is 6.03 Å². The quantitative estimate of drug-likeness (QED) is 0.758. The molecule has 0 unspecified atom stereocenters. The lowest BCUT2D eigenvalue weighted by molar-refractivity contribution is 0.155. The summed E-state index contributed by atoms with van der Waals surface area (Å²) in [5, 5.41) is 15.9. The fourth-order valence-electron chi connectivity index (χ4n) is 2.45. The van der Waals surface area contributed by atoms with E-state index in [1.54, 1.807) is 13.2 Å². The van der Waals surface area contributed by atoms with Crippen LogP contribution in [0.2, 0.25) is 0 Å². The van der Waals surface area contributed by atoms with E-state index >= 15 is 0 Å². The highest BCUT2D eigenvalue weighted by Crippen LogP contribution is 2.22. The molecule has 24 heavy (non-hydrogen) atoms. The summed E-state index contributed by atoms with van der Waals surface area (Å²) in [6.07, 6.45) is -0.172. The minimum absolute atomic E-state index is 0.175. The summed E-state index contributed by atoms with van der Waals surface area (Å²) in [6.45, 7) is 3.78. The molecule has 0 fully saturated rings. The third-order valence-electron chi connectivity index (χ3n) is 3.83. The Morgan fingerprint density at radius 2 is 1.92 bits per heavy atom. The average Bonchev–Trinajstić information content (AvgIpc) is 2.57. The van der Waals surface area contributed by atoms with Gasteiger partial charge < -0.3 is 20.5 Å². The average molecular weight is 328 g/mol. The van der Waals surface area contributed by atoms with E-state index < -0.39 is 6.10 Å². The fraction of sp³-hybridized carbons (Fsp3) is 0.316. The van der Waals surface area contributed by atoms with Gasteiger partial charge in [-0.2, -0.15) is 0 Å². The Bertz CT molecular complexity index is 674. The number of ether oxygens (including phenoxy) is 1. The number of carbonyl (C=O) groups is 1. The third-order valence-corrected chi connectivity index (χ3v) is 3.83. The van der Waals surface area contributed by atoms with Crippen LogP contribution in [0.5, 0.6) is 5.75 Å². The highest BCUT2D eigenvalue weighted by molar-refractivity contribution is 5.90. The minimum Gasteiger partial charge on any atom is -0.497 e. The van der Waals surface area contributed by atoms with Crippen LogP contribution in [-0.4, -0.2) is 24.3 Å². The van der Waals surface area contributed by atoms with Crippen molar-refractivity contribution in [2.24, 2.45) is 0 Å². The van der Waals surface area contributed by atoms with Gasteiger partial charge in [-0.3, -0.25) is 0 Å². The number of amides is 2. The van der Waals surface area contributed by atoms with Crippen molar-refractivity contribution in [3.63, 3.8) is 0 Å². The van der Waals surface area contributed by atoms with Crippen LogP contribution < -0.4 is 15.4 Å². The Morgan fingerprint density at radius 3 is 2.58 bits per heavy atom. The lowest BCUT2D eigenvalue weighted by Crippen LogP contribution is -2.37. The van der Waals surface area contributed by atoms with Crippen LogP contribution >= 0.6 is 0 Å². The number of hydrogen-bond acceptors (Lipinski definition) is 3. The summed E-state index contributed by atoms with van der Waals surface area (Å²) in [7, 11) is 1.58. The molecule has 3 N–H and O–H groups in total. The second-order valence-electron chi connectivity index (χ2n) is 5.84. The van der Waals surface area contributed by atoms with Crippen molar-refractivity contribution in [1.29, 1.82) is 0 Å². The molecule has 0 saturated heterocycles. The molecular formula is C19H24N2O3. The second-order valence-corrected chi connectivity index (χ2v) is 5.84. The first-order chi connectivity index (χ1) is 11.5. The lowest BCUT2D eigenvalue weighted by Gasteiger charge is -2.19. The Kier molecular flexibility index (Phi) is 6.21. The summed E-state index contributed by atoms with van der Waals surface area (Å²) >= 11 is 0. The molecule has 0 aromatic heterocycles. The van der Waals surface area contributed by atoms with Crippen LogP contribution in [0, 0.1) is 6.92 Å². The number of methoxy groups -OCH3 is 1. The Balaban J connectivity index is 1.90. The summed E-state index contributed by atoms with van der Waals surface area (Å²) < 4.78 is 5.17. The van der Waals surface area contributed by atoms with E-state index in [0.29, 0.717) is 17.9 Å². The van der Waals surface area contributed by atoms with Crippen LogP contribution in [0.25, 0.3) is 0 Å². The first-order valence-electron chi connectivity index (χ1n) is 7.94. The zero-order chi connectivity index (χ0) is 17.5. The van der Waals surface area contributed by atoms with Gasteiger partial charge in [-0.1, -0.05) is 36.4 Å². The van der Waals surface area contributed by atoms with E-state index in [1.807, 2.05) is 56.3 Å². The van der Waals surface area contributed by atoms with Gasteiger partial charge in [0.1, 0.15) is 5.75 Å². The molecule has 5 heteroatoms. The predicted molar refractivity (Wildman–Crippen MR) is 95.4 cm³/mol. The molecular weight excluding hydrogens is 304 g/mol. The molecule has 0 aliphatic heterocycles. The van der Waals surface area contributed by atoms with Gasteiger partial charge in [0, 0.05) is 17.8 Å². The van der Waals surface area contributed by atoms with Gasteiger partial charge in [-0.25, -0.2) is 4.79 Å². The summed E-state index contributed by atoms with van der Waals surface area (Å²) in [4.78, 5) is 12.1. The lowest BCUT2D eigenvalue weighted by atomic mass is 10.0. The van der Waals surface area contributed by atoms with E-state index in [4.69, 9.17) is 4.74 Å². The van der Waals surface area contributed by atoms with E-state index in [-0.39, 0.29) is 12.1 Å². The molecule has 0 aliphatic carbocycles. The van der Waals surface area contributed by atoms with Gasteiger partial charge in [0.2, 0.25) is 0 Å². The van der Waals surface area contributed by atoms with E-state index in [2.05, 4.69) is 10.6 Å². The largest absolute Gasteiger partial charge is 0.497 e. The molecule has 2 atom stereocenters. The Hall–Kier alpha value is -2.53. The topological polar surface area (TPSA) is 70.6 Å². The fourth-order valence-corrected chi connectivity index (χ4v) is 2.45. The number of carbonyl (C=O) groups excluding carboxylic acids is 1. The van der Waals surface area contributed by atoms with Gasteiger partial charge in [0.05, 0.1) is 13.2 Å². The summed E-state index contributed by atoms with van der Waals surface area (Å²) in [6, 6.07) is 14.4. The molecule has 0 bridgehead atoms. The number of anilines is 1. The SMILES string of the molecule is COc1ccc(C)c(NC(=O)N[C@H](C)C[C@H](O)c2ccccc2)c1. The van der Waals surface area contributed by atoms with E-state index in [1.165, 1.54) is 0 Å². The van der Waals surface area contributed by atoms with Crippen molar-refractivity contribution < 1.29 is 14.6 Å². The van der Waals surface area contributed by atoms with Crippen molar-refractivity contribution in [3.8, 4) is 5.75 Å². The first kappa shape index (κ1) is 17.8. The molecule has 0 saturated carbocycles. The smallest absolute Gasteiger partial charge is 0.319 e. The van der Waals surface area contributed by atoms with E-state index in [9.17, 15) is 9.90 Å². The predicted octanol–water partition coefficient (Wildman–Crippen LogP) is 3.64. The van der Waals surface area contributed by atoms with Crippen molar-refractivity contribution in [2.75, 3.05) is 12.4 Å². The van der Waals surface area contributed by atoms with E-state index in [0.717, 1.165) is 11.1 Å². The number of hydrogen-bond donors (Lipinski definition) is 3. The van der Waals surface area contributed by atoms with Gasteiger partial charge in [-0.05, 0) is 37.5 Å². The molecule has 2 amide bonds. The molecule has 2 rings (SSSR count). The van der Waals surface area contributed by atoms with Crippen LogP contribution in [0.15, 0.2) is 48.5 Å². The molecule has 2 aromatic carbocycles. The molecule has 0 radical (unpaired) electrons. The van der Waals surface area contributed by atoms with Gasteiger partial charge in [0.25, 0.3) is 0 Å². The number of aryl methyl sites for hydroxylation is 1. The molecule has 5 nitrogen and oxygen atoms in total. The zero-order valence-corrected chi connectivity index (χ0v) is 14.2. The maximum atomic E-state index is 12.1. The van der Waals surface area contributed by atoms with Crippen molar-refractivity contribution in [1.82, 2.24) is 5.32 Å². The van der Waals surface area contributed by atoms with Gasteiger partial charge in [-0.15, -0.1) is 0 Å². The molecule has 0 spiro atoms. The minimum atomic E-state index is -0.611. The van der Waals surface area contributed by atoms with Crippen LogP contribution in [-0.2, 0) is 0 Å². The number of aliphatic hydroxyl groups is 1. The number of benzene rings is 2. The summed E-state index contributed by atoms with van der Waals surface area (Å²) in [5.41, 5.74) is 2.49. The maximum absolute atomic E-state index is 12.1. The van der Waals surface area contributed by atoms with Crippen LogP contribution in [0.4, 0.5) is 10.5 Å². The normalized spacial score (nSPS) is 13.0. The monoisotopic (exact) mass is 328 g/mol. The van der Waals surface area contributed by atoms with Crippen LogP contribution in [0.3, 0.4) is 0 Å². The molecule has 2 aromatic rings. The maximum Gasteiger partial charge on any atom is 0.319 e. The standard InChI is InChI=1S/C19H24N2O3/c1-13-9-10-16(24-3)12-17(13)21-19(23)20-14(2)11-18(22)15-7-5-4-6-8-15/h4-10,12,14,18,22H,11H2,1-3H3,(H2,20,21,23)/t14-,18+/m1/s1.